The van der Waals surface area contributed by atoms with Crippen LogP contribution in [0.4, 0.5) is 0 Å². The minimum atomic E-state index is 0.0105. The largest absolute Gasteiger partial charge is 0.327 e. The lowest BCUT2D eigenvalue weighted by atomic mass is 9.95. The Labute approximate surface area is 80.5 Å². The molecular formula is C10H19N3. The first kappa shape index (κ1) is 10.5. The number of hydrogen-bond donors (Lipinski definition) is 1. The first-order valence-electron chi connectivity index (χ1n) is 5.07. The van der Waals surface area contributed by atoms with Crippen molar-refractivity contribution in [2.45, 2.75) is 51.2 Å². The molecule has 1 aliphatic heterocycles. The van der Waals surface area contributed by atoms with Crippen molar-refractivity contribution < 1.29 is 0 Å². The lowest BCUT2D eigenvalue weighted by Crippen LogP contribution is -2.52. The molecule has 1 aliphatic rings. The first-order chi connectivity index (χ1) is 6.16. The van der Waals surface area contributed by atoms with Gasteiger partial charge in [0, 0.05) is 12.1 Å². The van der Waals surface area contributed by atoms with E-state index in [-0.39, 0.29) is 12.1 Å². The van der Waals surface area contributed by atoms with Gasteiger partial charge in [-0.25, -0.2) is 0 Å². The normalized spacial score (nSPS) is 29.2. The highest BCUT2D eigenvalue weighted by Gasteiger charge is 2.28. The summed E-state index contributed by atoms with van der Waals surface area (Å²) in [6.07, 6.45) is 3.60. The number of piperidine rings is 1. The highest BCUT2D eigenvalue weighted by Crippen LogP contribution is 2.20. The minimum Gasteiger partial charge on any atom is -0.327 e. The molecule has 3 atom stereocenters. The molecule has 0 aromatic heterocycles. The number of nitriles is 1. The summed E-state index contributed by atoms with van der Waals surface area (Å²) >= 11 is 0. The van der Waals surface area contributed by atoms with Gasteiger partial charge in [-0.2, -0.15) is 5.26 Å². The molecule has 3 heteroatoms. The van der Waals surface area contributed by atoms with Crippen molar-refractivity contribution in [3.8, 4) is 6.07 Å². The van der Waals surface area contributed by atoms with Crippen LogP contribution in [-0.4, -0.2) is 29.6 Å². The maximum Gasteiger partial charge on any atom is 0.0952 e. The summed E-state index contributed by atoms with van der Waals surface area (Å²) in [5.74, 6) is 0. The van der Waals surface area contributed by atoms with E-state index in [4.69, 9.17) is 11.0 Å². The minimum absolute atomic E-state index is 0.0105. The first-order valence-corrected chi connectivity index (χ1v) is 5.07. The topological polar surface area (TPSA) is 53.0 Å². The Kier molecular flexibility index (Phi) is 3.71. The Bertz CT molecular complexity index is 195. The van der Waals surface area contributed by atoms with Gasteiger partial charge in [-0.1, -0.05) is 6.42 Å². The van der Waals surface area contributed by atoms with Crippen molar-refractivity contribution in [3.63, 3.8) is 0 Å². The molecule has 3 nitrogen and oxygen atoms in total. The van der Waals surface area contributed by atoms with Gasteiger partial charge in [-0.15, -0.1) is 0 Å². The zero-order valence-electron chi connectivity index (χ0n) is 8.53. The van der Waals surface area contributed by atoms with Crippen molar-refractivity contribution in [1.82, 2.24) is 4.90 Å². The van der Waals surface area contributed by atoms with Crippen LogP contribution in [0, 0.1) is 11.3 Å². The van der Waals surface area contributed by atoms with E-state index < -0.39 is 0 Å². The number of hydrogen-bond acceptors (Lipinski definition) is 3. The summed E-state index contributed by atoms with van der Waals surface area (Å²) in [6.45, 7) is 5.02. The fourth-order valence-electron chi connectivity index (χ4n) is 2.10. The highest BCUT2D eigenvalue weighted by atomic mass is 15.2. The van der Waals surface area contributed by atoms with Gasteiger partial charge in [-0.05, 0) is 33.2 Å². The summed E-state index contributed by atoms with van der Waals surface area (Å²) in [4.78, 5) is 2.24. The third-order valence-corrected chi connectivity index (χ3v) is 2.88. The summed E-state index contributed by atoms with van der Waals surface area (Å²) in [5, 5.41) is 8.85. The van der Waals surface area contributed by atoms with Crippen LogP contribution in [-0.2, 0) is 0 Å². The summed E-state index contributed by atoms with van der Waals surface area (Å²) in [5.41, 5.74) is 5.90. The van der Waals surface area contributed by atoms with E-state index in [1.165, 1.54) is 12.8 Å². The van der Waals surface area contributed by atoms with Gasteiger partial charge < -0.3 is 5.73 Å². The Morgan fingerprint density at radius 2 is 2.15 bits per heavy atom. The smallest absolute Gasteiger partial charge is 0.0952 e. The van der Waals surface area contributed by atoms with Crippen LogP contribution in [0.1, 0.15) is 33.1 Å². The zero-order valence-corrected chi connectivity index (χ0v) is 8.53. The van der Waals surface area contributed by atoms with E-state index in [0.717, 1.165) is 13.0 Å². The third kappa shape index (κ3) is 2.43. The van der Waals surface area contributed by atoms with E-state index in [1.807, 2.05) is 13.8 Å². The van der Waals surface area contributed by atoms with Crippen molar-refractivity contribution in [3.05, 3.63) is 0 Å². The van der Waals surface area contributed by atoms with Crippen molar-refractivity contribution in [2.75, 3.05) is 6.54 Å². The summed E-state index contributed by atoms with van der Waals surface area (Å²) < 4.78 is 0. The average Bonchev–Trinajstić information content (AvgIpc) is 2.16. The van der Waals surface area contributed by atoms with Crippen molar-refractivity contribution in [2.24, 2.45) is 5.73 Å². The Morgan fingerprint density at radius 1 is 1.46 bits per heavy atom. The van der Waals surface area contributed by atoms with Gasteiger partial charge in [-0.3, -0.25) is 4.90 Å². The predicted octanol–water partition coefficient (Wildman–Crippen LogP) is 1.10. The van der Waals surface area contributed by atoms with Gasteiger partial charge in [0.15, 0.2) is 0 Å². The summed E-state index contributed by atoms with van der Waals surface area (Å²) in [7, 11) is 0. The molecule has 1 rings (SSSR count). The van der Waals surface area contributed by atoms with E-state index in [9.17, 15) is 0 Å². The standard InChI is InChI=1S/C10H19N3/c1-8(7-11)13-6-4-3-5-10(13)9(2)12/h8-10H,3-6,12H2,1-2H3. The fraction of sp³-hybridized carbons (Fsp3) is 0.900. The van der Waals surface area contributed by atoms with Crippen LogP contribution in [0.15, 0.2) is 0 Å². The molecule has 74 valence electrons. The molecule has 0 aromatic rings. The monoisotopic (exact) mass is 181 g/mol. The molecule has 2 N–H and O–H groups in total. The lowest BCUT2D eigenvalue weighted by Gasteiger charge is -2.39. The number of nitrogens with zero attached hydrogens (tertiary/aromatic N) is 2. The summed E-state index contributed by atoms with van der Waals surface area (Å²) in [6, 6.07) is 2.88. The Morgan fingerprint density at radius 3 is 2.69 bits per heavy atom. The van der Waals surface area contributed by atoms with E-state index in [1.54, 1.807) is 0 Å². The van der Waals surface area contributed by atoms with Crippen molar-refractivity contribution >= 4 is 0 Å². The second kappa shape index (κ2) is 4.59. The second-order valence-electron chi connectivity index (χ2n) is 3.97. The van der Waals surface area contributed by atoms with Crippen LogP contribution in [0.3, 0.4) is 0 Å². The molecule has 1 heterocycles. The molecule has 0 spiro atoms. The molecule has 1 fully saturated rings. The molecule has 0 radical (unpaired) electrons. The number of rotatable bonds is 2. The van der Waals surface area contributed by atoms with Gasteiger partial charge in [0.2, 0.25) is 0 Å². The van der Waals surface area contributed by atoms with E-state index >= 15 is 0 Å². The van der Waals surface area contributed by atoms with Crippen LogP contribution >= 0.6 is 0 Å². The lowest BCUT2D eigenvalue weighted by molar-refractivity contribution is 0.112. The van der Waals surface area contributed by atoms with Crippen LogP contribution in [0.2, 0.25) is 0 Å². The SMILES string of the molecule is CC(N)C1CCCCN1C(C)C#N. The molecule has 0 saturated carbocycles. The maximum absolute atomic E-state index is 8.85. The Hall–Kier alpha value is -0.590. The van der Waals surface area contributed by atoms with Gasteiger partial charge in [0.25, 0.3) is 0 Å². The van der Waals surface area contributed by atoms with Crippen molar-refractivity contribution in [1.29, 1.82) is 5.26 Å². The Balaban J connectivity index is 2.62. The fourth-order valence-corrected chi connectivity index (χ4v) is 2.10. The molecule has 0 aromatic carbocycles. The van der Waals surface area contributed by atoms with Crippen LogP contribution in [0.5, 0.6) is 0 Å². The third-order valence-electron chi connectivity index (χ3n) is 2.88. The molecule has 13 heavy (non-hydrogen) atoms. The molecule has 0 amide bonds. The number of likely N-dealkylation sites (tertiary alicyclic amines) is 1. The molecule has 3 unspecified atom stereocenters. The molecule has 1 saturated heterocycles. The van der Waals surface area contributed by atoms with E-state index in [2.05, 4.69) is 11.0 Å². The van der Waals surface area contributed by atoms with Gasteiger partial charge in [0.05, 0.1) is 12.1 Å². The quantitative estimate of drug-likeness (QED) is 0.694. The van der Waals surface area contributed by atoms with Crippen LogP contribution < -0.4 is 5.73 Å². The maximum atomic E-state index is 8.85. The van der Waals surface area contributed by atoms with Gasteiger partial charge in [0.1, 0.15) is 0 Å². The second-order valence-corrected chi connectivity index (χ2v) is 3.97. The zero-order chi connectivity index (χ0) is 9.84. The van der Waals surface area contributed by atoms with Crippen LogP contribution in [0.25, 0.3) is 0 Å². The van der Waals surface area contributed by atoms with Gasteiger partial charge >= 0.3 is 0 Å². The predicted molar refractivity (Wildman–Crippen MR) is 53.1 cm³/mol. The average molecular weight is 181 g/mol. The molecule has 0 bridgehead atoms. The molecular weight excluding hydrogens is 162 g/mol. The van der Waals surface area contributed by atoms with E-state index in [0.29, 0.717) is 6.04 Å². The highest BCUT2D eigenvalue weighted by molar-refractivity contribution is 4.95. The molecule has 0 aliphatic carbocycles. The number of nitrogens with two attached hydrogens (primary N) is 1.